The minimum atomic E-state index is -1.06. The summed E-state index contributed by atoms with van der Waals surface area (Å²) in [4.78, 5) is 0. The van der Waals surface area contributed by atoms with E-state index in [9.17, 15) is 13.2 Å². The monoisotopic (exact) mass is 309 g/mol. The number of nitrogens with two attached hydrogens (primary N) is 1. The Kier molecular flexibility index (Phi) is 8.68. The van der Waals surface area contributed by atoms with Crippen molar-refractivity contribution in [3.05, 3.63) is 66.5 Å². The molecule has 4 heteroatoms. The molecule has 120 valence electrons. The molecule has 2 aromatic carbocycles. The van der Waals surface area contributed by atoms with E-state index in [0.29, 0.717) is 17.7 Å². The molecule has 2 N–H and O–H groups in total. The van der Waals surface area contributed by atoms with Crippen molar-refractivity contribution in [2.75, 3.05) is 5.73 Å². The summed E-state index contributed by atoms with van der Waals surface area (Å²) in [5.41, 5.74) is 6.54. The predicted octanol–water partition coefficient (Wildman–Crippen LogP) is 5.74. The first kappa shape index (κ1) is 19.8. The first-order chi connectivity index (χ1) is 10.6. The molecule has 0 atom stereocenters. The average molecular weight is 309 g/mol. The van der Waals surface area contributed by atoms with E-state index < -0.39 is 17.5 Å². The fraction of sp³-hybridized carbons (Fsp3) is 0.222. The van der Waals surface area contributed by atoms with Crippen molar-refractivity contribution >= 4 is 5.69 Å². The van der Waals surface area contributed by atoms with Crippen LogP contribution in [0, 0.1) is 17.5 Å². The lowest BCUT2D eigenvalue weighted by Gasteiger charge is -2.13. The summed E-state index contributed by atoms with van der Waals surface area (Å²) in [5.74, 6) is -2.67. The van der Waals surface area contributed by atoms with Crippen molar-refractivity contribution in [1.29, 1.82) is 0 Å². The Bertz CT molecular complexity index is 610. The summed E-state index contributed by atoms with van der Waals surface area (Å²) in [6, 6.07) is 6.27. The van der Waals surface area contributed by atoms with Gasteiger partial charge in [0.15, 0.2) is 11.6 Å². The van der Waals surface area contributed by atoms with Crippen LogP contribution in [-0.2, 0) is 6.42 Å². The van der Waals surface area contributed by atoms with Crippen LogP contribution in [-0.4, -0.2) is 0 Å². The van der Waals surface area contributed by atoms with E-state index in [2.05, 4.69) is 13.2 Å². The topological polar surface area (TPSA) is 26.0 Å². The van der Waals surface area contributed by atoms with Crippen LogP contribution >= 0.6 is 0 Å². The van der Waals surface area contributed by atoms with Crippen LogP contribution in [0.25, 0.3) is 11.1 Å². The fourth-order valence-electron chi connectivity index (χ4n) is 2.00. The summed E-state index contributed by atoms with van der Waals surface area (Å²) in [6.07, 6.45) is 0.439. The molecule has 2 rings (SSSR count). The molecule has 0 fully saturated rings. The van der Waals surface area contributed by atoms with Gasteiger partial charge in [-0.3, -0.25) is 0 Å². The maximum absolute atomic E-state index is 13.9. The Balaban J connectivity index is 0.00000102. The molecule has 1 nitrogen and oxygen atoms in total. The Morgan fingerprint density at radius 1 is 0.955 bits per heavy atom. The Morgan fingerprint density at radius 3 is 2.09 bits per heavy atom. The number of rotatable bonds is 2. The third-order valence-corrected chi connectivity index (χ3v) is 2.87. The summed E-state index contributed by atoms with van der Waals surface area (Å²) in [6.45, 7) is 11.8. The number of hydrogen-bond acceptors (Lipinski definition) is 1. The highest BCUT2D eigenvalue weighted by Crippen LogP contribution is 2.33. The highest BCUT2D eigenvalue weighted by atomic mass is 19.2. The first-order valence-electron chi connectivity index (χ1n) is 7.07. The Labute approximate surface area is 130 Å². The zero-order valence-electron chi connectivity index (χ0n) is 13.2. The van der Waals surface area contributed by atoms with Gasteiger partial charge in [-0.15, -0.1) is 13.2 Å². The zero-order chi connectivity index (χ0) is 17.3. The van der Waals surface area contributed by atoms with Gasteiger partial charge in [-0.2, -0.15) is 0 Å². The van der Waals surface area contributed by atoms with Crippen LogP contribution in [0.4, 0.5) is 18.9 Å². The second-order valence-electron chi connectivity index (χ2n) is 3.95. The molecule has 0 aliphatic carbocycles. The average Bonchev–Trinajstić information content (AvgIpc) is 2.56. The molecule has 0 amide bonds. The number of hydrogen-bond donors (Lipinski definition) is 1. The van der Waals surface area contributed by atoms with E-state index in [4.69, 9.17) is 5.73 Å². The summed E-state index contributed by atoms with van der Waals surface area (Å²) < 4.78 is 40.8. The molecule has 0 unspecified atom stereocenters. The minimum absolute atomic E-state index is 0.0366. The fourth-order valence-corrected chi connectivity index (χ4v) is 2.00. The Hall–Kier alpha value is -2.23. The standard InChI is InChI=1S/C14H12F3N.C2H6.C2H4/c1-2-8-12(18)7-6-10(15)13(8)9-4-3-5-11(16)14(9)17;2*1-2/h3-7H,2,18H2,1H3;1-2H3;1-2H2. The van der Waals surface area contributed by atoms with E-state index in [0.717, 1.165) is 12.1 Å². The van der Waals surface area contributed by atoms with Crippen molar-refractivity contribution in [2.45, 2.75) is 27.2 Å². The maximum atomic E-state index is 13.9. The molecule has 0 saturated carbocycles. The van der Waals surface area contributed by atoms with Crippen molar-refractivity contribution in [3.63, 3.8) is 0 Å². The second-order valence-corrected chi connectivity index (χ2v) is 3.95. The van der Waals surface area contributed by atoms with Gasteiger partial charge >= 0.3 is 0 Å². The third-order valence-electron chi connectivity index (χ3n) is 2.87. The highest BCUT2D eigenvalue weighted by molar-refractivity contribution is 5.74. The Morgan fingerprint density at radius 2 is 1.55 bits per heavy atom. The summed E-state index contributed by atoms with van der Waals surface area (Å²) in [7, 11) is 0. The van der Waals surface area contributed by atoms with Crippen molar-refractivity contribution < 1.29 is 13.2 Å². The molecule has 0 heterocycles. The van der Waals surface area contributed by atoms with Crippen LogP contribution in [0.3, 0.4) is 0 Å². The molecular formula is C18H22F3N. The predicted molar refractivity (Wildman–Crippen MR) is 88.1 cm³/mol. The van der Waals surface area contributed by atoms with Gasteiger partial charge in [0, 0.05) is 16.8 Å². The lowest BCUT2D eigenvalue weighted by Crippen LogP contribution is -2.01. The van der Waals surface area contributed by atoms with Crippen LogP contribution in [0.5, 0.6) is 0 Å². The van der Waals surface area contributed by atoms with Gasteiger partial charge in [-0.05, 0) is 30.2 Å². The molecule has 0 radical (unpaired) electrons. The minimum Gasteiger partial charge on any atom is -0.398 e. The first-order valence-corrected chi connectivity index (χ1v) is 7.07. The van der Waals surface area contributed by atoms with Crippen LogP contribution < -0.4 is 5.73 Å². The van der Waals surface area contributed by atoms with E-state index >= 15 is 0 Å². The van der Waals surface area contributed by atoms with E-state index in [-0.39, 0.29) is 11.1 Å². The summed E-state index contributed by atoms with van der Waals surface area (Å²) in [5, 5.41) is 0. The number of nitrogen functional groups attached to an aromatic ring is 1. The lowest BCUT2D eigenvalue weighted by atomic mass is 9.95. The van der Waals surface area contributed by atoms with Gasteiger partial charge in [-0.1, -0.05) is 32.9 Å². The molecule has 0 aliphatic heterocycles. The third kappa shape index (κ3) is 4.13. The van der Waals surface area contributed by atoms with Crippen molar-refractivity contribution in [1.82, 2.24) is 0 Å². The normalized spacial score (nSPS) is 9.18. The van der Waals surface area contributed by atoms with Gasteiger partial charge in [0.1, 0.15) is 5.82 Å². The molecule has 0 bridgehead atoms. The van der Waals surface area contributed by atoms with Gasteiger partial charge in [0.05, 0.1) is 0 Å². The molecule has 0 spiro atoms. The molecule has 22 heavy (non-hydrogen) atoms. The van der Waals surface area contributed by atoms with Crippen molar-refractivity contribution in [2.24, 2.45) is 0 Å². The number of anilines is 1. The van der Waals surface area contributed by atoms with Gasteiger partial charge in [0.25, 0.3) is 0 Å². The molecule has 0 aromatic heterocycles. The maximum Gasteiger partial charge on any atom is 0.166 e. The second kappa shape index (κ2) is 9.66. The van der Waals surface area contributed by atoms with Crippen molar-refractivity contribution in [3.8, 4) is 11.1 Å². The molecule has 0 aliphatic rings. The lowest BCUT2D eigenvalue weighted by molar-refractivity contribution is 0.510. The van der Waals surface area contributed by atoms with Crippen LogP contribution in [0.2, 0.25) is 0 Å². The quantitative estimate of drug-likeness (QED) is 0.555. The van der Waals surface area contributed by atoms with Gasteiger partial charge in [-0.25, -0.2) is 13.2 Å². The number of halogens is 3. The number of benzene rings is 2. The van der Waals surface area contributed by atoms with E-state index in [1.54, 1.807) is 6.92 Å². The SMILES string of the molecule is C=C.CC.CCc1c(N)ccc(F)c1-c1cccc(F)c1F. The summed E-state index contributed by atoms with van der Waals surface area (Å²) >= 11 is 0. The zero-order valence-corrected chi connectivity index (χ0v) is 13.2. The smallest absolute Gasteiger partial charge is 0.166 e. The molecule has 2 aromatic rings. The largest absolute Gasteiger partial charge is 0.398 e. The van der Waals surface area contributed by atoms with Crippen LogP contribution in [0.15, 0.2) is 43.5 Å². The van der Waals surface area contributed by atoms with E-state index in [1.807, 2.05) is 13.8 Å². The highest BCUT2D eigenvalue weighted by Gasteiger charge is 2.18. The molecule has 0 saturated heterocycles. The molecular weight excluding hydrogens is 287 g/mol. The van der Waals surface area contributed by atoms with Crippen LogP contribution in [0.1, 0.15) is 26.3 Å². The van der Waals surface area contributed by atoms with Gasteiger partial charge in [0.2, 0.25) is 0 Å². The van der Waals surface area contributed by atoms with Gasteiger partial charge < -0.3 is 5.73 Å². The van der Waals surface area contributed by atoms with E-state index in [1.165, 1.54) is 18.2 Å².